The first-order valence-electron chi connectivity index (χ1n) is 9.76. The highest BCUT2D eigenvalue weighted by molar-refractivity contribution is 7.91. The van der Waals surface area contributed by atoms with Gasteiger partial charge >= 0.3 is 0 Å². The molecule has 0 aromatic carbocycles. The number of carbonyl (C=O) groups excluding carboxylic acids is 3. The highest BCUT2D eigenvalue weighted by atomic mass is 32.2. The Morgan fingerprint density at radius 3 is 2.07 bits per heavy atom. The fraction of sp³-hybridized carbons (Fsp3) is 0.833. The van der Waals surface area contributed by atoms with Crippen LogP contribution < -0.4 is 0 Å². The molecule has 3 aliphatic rings. The van der Waals surface area contributed by atoms with Crippen molar-refractivity contribution in [2.75, 3.05) is 44.7 Å². The van der Waals surface area contributed by atoms with E-state index in [2.05, 4.69) is 0 Å². The van der Waals surface area contributed by atoms with E-state index in [1.807, 2.05) is 4.90 Å². The molecule has 0 spiro atoms. The van der Waals surface area contributed by atoms with Crippen molar-refractivity contribution in [2.45, 2.75) is 38.1 Å². The van der Waals surface area contributed by atoms with Gasteiger partial charge in [-0.2, -0.15) is 0 Å². The van der Waals surface area contributed by atoms with Crippen LogP contribution >= 0.6 is 0 Å². The van der Waals surface area contributed by atoms with Crippen LogP contribution in [0, 0.1) is 11.8 Å². The number of hydrogen-bond acceptors (Lipinski definition) is 5. The quantitative estimate of drug-likeness (QED) is 0.607. The molecule has 27 heavy (non-hydrogen) atoms. The molecule has 2 aliphatic heterocycles. The Morgan fingerprint density at radius 1 is 0.963 bits per heavy atom. The van der Waals surface area contributed by atoms with Crippen molar-refractivity contribution in [3.8, 4) is 0 Å². The lowest BCUT2D eigenvalue weighted by molar-refractivity contribution is -0.143. The molecule has 1 atom stereocenters. The van der Waals surface area contributed by atoms with Crippen LogP contribution in [0.4, 0.5) is 0 Å². The van der Waals surface area contributed by atoms with Gasteiger partial charge in [-0.05, 0) is 32.1 Å². The summed E-state index contributed by atoms with van der Waals surface area (Å²) < 4.78 is 23.3. The smallest absolute Gasteiger partial charge is 0.225 e. The SMILES string of the molecule is CN(C(=O)C1CCC(C(=O)N2CCN(C=O)CC2)CC1)C1CCS(=O)(=O)C1. The normalized spacial score (nSPS) is 30.8. The first-order chi connectivity index (χ1) is 12.8. The van der Waals surface area contributed by atoms with E-state index in [0.717, 1.165) is 6.41 Å². The Bertz CT molecular complexity index is 679. The topological polar surface area (TPSA) is 95.1 Å². The number of piperazine rings is 1. The highest BCUT2D eigenvalue weighted by Gasteiger charge is 2.38. The summed E-state index contributed by atoms with van der Waals surface area (Å²) in [4.78, 5) is 41.3. The monoisotopic (exact) mass is 399 g/mol. The Morgan fingerprint density at radius 2 is 1.56 bits per heavy atom. The summed E-state index contributed by atoms with van der Waals surface area (Å²) in [6, 6.07) is -0.212. The summed E-state index contributed by atoms with van der Waals surface area (Å²) in [5, 5.41) is 0. The van der Waals surface area contributed by atoms with Gasteiger partial charge in [0.25, 0.3) is 0 Å². The van der Waals surface area contributed by atoms with E-state index >= 15 is 0 Å². The third kappa shape index (κ3) is 4.62. The van der Waals surface area contributed by atoms with Gasteiger partial charge in [0.05, 0.1) is 11.5 Å². The van der Waals surface area contributed by atoms with Gasteiger partial charge in [-0.1, -0.05) is 0 Å². The Kier molecular flexibility index (Phi) is 6.08. The predicted octanol–water partition coefficient (Wildman–Crippen LogP) is -0.261. The first-order valence-corrected chi connectivity index (χ1v) is 11.6. The maximum absolute atomic E-state index is 12.7. The van der Waals surface area contributed by atoms with Gasteiger partial charge in [-0.25, -0.2) is 8.42 Å². The van der Waals surface area contributed by atoms with Gasteiger partial charge in [0.15, 0.2) is 9.84 Å². The maximum atomic E-state index is 12.7. The van der Waals surface area contributed by atoms with Crippen molar-refractivity contribution >= 4 is 28.1 Å². The van der Waals surface area contributed by atoms with Crippen LogP contribution in [-0.4, -0.2) is 92.1 Å². The molecule has 1 saturated carbocycles. The van der Waals surface area contributed by atoms with Crippen molar-refractivity contribution in [1.29, 1.82) is 0 Å². The summed E-state index contributed by atoms with van der Waals surface area (Å²) >= 11 is 0. The highest BCUT2D eigenvalue weighted by Crippen LogP contribution is 2.32. The molecule has 2 heterocycles. The Balaban J connectivity index is 1.47. The zero-order chi connectivity index (χ0) is 19.6. The average molecular weight is 400 g/mol. The van der Waals surface area contributed by atoms with E-state index < -0.39 is 9.84 Å². The molecule has 152 valence electrons. The van der Waals surface area contributed by atoms with E-state index in [1.165, 1.54) is 0 Å². The molecule has 3 fully saturated rings. The van der Waals surface area contributed by atoms with Crippen LogP contribution in [0.5, 0.6) is 0 Å². The molecule has 3 rings (SSSR count). The molecule has 9 heteroatoms. The third-order valence-corrected chi connectivity index (χ3v) is 8.05. The largest absolute Gasteiger partial charge is 0.342 e. The second-order valence-corrected chi connectivity index (χ2v) is 10.2. The lowest BCUT2D eigenvalue weighted by Crippen LogP contribution is -2.50. The minimum atomic E-state index is -3.01. The molecule has 0 aromatic rings. The molecular formula is C18H29N3O5S. The number of hydrogen-bond donors (Lipinski definition) is 0. The van der Waals surface area contributed by atoms with Crippen molar-refractivity contribution in [3.63, 3.8) is 0 Å². The molecule has 8 nitrogen and oxygen atoms in total. The fourth-order valence-electron chi connectivity index (χ4n) is 4.44. The van der Waals surface area contributed by atoms with Gasteiger partial charge in [-0.3, -0.25) is 14.4 Å². The van der Waals surface area contributed by atoms with Crippen LogP contribution in [0.2, 0.25) is 0 Å². The lowest BCUT2D eigenvalue weighted by Gasteiger charge is -2.37. The third-order valence-electron chi connectivity index (χ3n) is 6.30. The molecule has 1 aliphatic carbocycles. The van der Waals surface area contributed by atoms with Crippen LogP contribution in [0.1, 0.15) is 32.1 Å². The zero-order valence-electron chi connectivity index (χ0n) is 15.9. The van der Waals surface area contributed by atoms with Gasteiger partial charge in [-0.15, -0.1) is 0 Å². The number of nitrogens with zero attached hydrogens (tertiary/aromatic N) is 3. The van der Waals surface area contributed by atoms with Gasteiger partial charge in [0.1, 0.15) is 0 Å². The predicted molar refractivity (Wildman–Crippen MR) is 99.5 cm³/mol. The van der Waals surface area contributed by atoms with E-state index in [4.69, 9.17) is 0 Å². The number of amides is 3. The molecule has 2 saturated heterocycles. The summed E-state index contributed by atoms with van der Waals surface area (Å²) in [5.41, 5.74) is 0. The molecule has 0 aromatic heterocycles. The van der Waals surface area contributed by atoms with Gasteiger partial charge < -0.3 is 14.7 Å². The van der Waals surface area contributed by atoms with Crippen LogP contribution in [0.25, 0.3) is 0 Å². The van der Waals surface area contributed by atoms with Crippen molar-refractivity contribution < 1.29 is 22.8 Å². The Labute approximate surface area is 160 Å². The lowest BCUT2D eigenvalue weighted by atomic mass is 9.80. The van der Waals surface area contributed by atoms with Gasteiger partial charge in [0, 0.05) is 51.1 Å². The van der Waals surface area contributed by atoms with E-state index in [1.54, 1.807) is 16.8 Å². The van der Waals surface area contributed by atoms with E-state index in [0.29, 0.717) is 58.3 Å². The number of rotatable bonds is 4. The van der Waals surface area contributed by atoms with Crippen LogP contribution in [0.15, 0.2) is 0 Å². The zero-order valence-corrected chi connectivity index (χ0v) is 16.7. The summed E-state index contributed by atoms with van der Waals surface area (Å²) in [6.07, 6.45) is 4.08. The summed E-state index contributed by atoms with van der Waals surface area (Å²) in [7, 11) is -1.31. The maximum Gasteiger partial charge on any atom is 0.225 e. The van der Waals surface area contributed by atoms with Crippen LogP contribution in [0.3, 0.4) is 0 Å². The van der Waals surface area contributed by atoms with Crippen molar-refractivity contribution in [3.05, 3.63) is 0 Å². The minimum Gasteiger partial charge on any atom is -0.342 e. The second-order valence-electron chi connectivity index (χ2n) is 8.02. The first kappa shape index (κ1) is 20.1. The summed E-state index contributed by atoms with van der Waals surface area (Å²) in [6.45, 7) is 2.32. The van der Waals surface area contributed by atoms with E-state index in [-0.39, 0.29) is 41.2 Å². The van der Waals surface area contributed by atoms with Crippen molar-refractivity contribution in [2.24, 2.45) is 11.8 Å². The molecule has 3 amide bonds. The molecule has 0 bridgehead atoms. The number of carbonyl (C=O) groups is 3. The minimum absolute atomic E-state index is 0.0163. The van der Waals surface area contributed by atoms with E-state index in [9.17, 15) is 22.8 Å². The molecule has 0 radical (unpaired) electrons. The molecule has 1 unspecified atom stereocenters. The standard InChI is InChI=1S/C18H29N3O5S/c1-19(16-6-11-27(25,26)12-16)17(23)14-2-4-15(5-3-14)18(24)21-9-7-20(13-22)8-10-21/h13-16H,2-12H2,1H3. The van der Waals surface area contributed by atoms with Crippen molar-refractivity contribution in [1.82, 2.24) is 14.7 Å². The van der Waals surface area contributed by atoms with Gasteiger partial charge in [0.2, 0.25) is 18.2 Å². The number of sulfone groups is 1. The second kappa shape index (κ2) is 8.16. The molecular weight excluding hydrogens is 370 g/mol. The Hall–Kier alpha value is -1.64. The molecule has 0 N–H and O–H groups in total. The average Bonchev–Trinajstić information content (AvgIpc) is 3.06. The van der Waals surface area contributed by atoms with Crippen LogP contribution in [-0.2, 0) is 24.2 Å². The fourth-order valence-corrected chi connectivity index (χ4v) is 6.22. The summed E-state index contributed by atoms with van der Waals surface area (Å²) in [5.74, 6) is 0.219.